The predicted molar refractivity (Wildman–Crippen MR) is 82.2 cm³/mol. The quantitative estimate of drug-likeness (QED) is 0.801. The summed E-state index contributed by atoms with van der Waals surface area (Å²) in [5.74, 6) is -0.286. The highest BCUT2D eigenvalue weighted by Gasteiger charge is 2.20. The van der Waals surface area contributed by atoms with Crippen molar-refractivity contribution < 1.29 is 9.53 Å². The van der Waals surface area contributed by atoms with E-state index < -0.39 is 0 Å². The van der Waals surface area contributed by atoms with E-state index in [1.165, 1.54) is 31.2 Å². The highest BCUT2D eigenvalue weighted by atomic mass is 16.5. The minimum absolute atomic E-state index is 0.286. The van der Waals surface area contributed by atoms with Gasteiger partial charge >= 0.3 is 5.97 Å². The molecule has 0 fully saturated rings. The molecule has 0 atom stereocenters. The Balaban J connectivity index is 1.79. The molecule has 21 heavy (non-hydrogen) atoms. The molecule has 4 nitrogen and oxygen atoms in total. The minimum Gasteiger partial charge on any atom is -0.465 e. The summed E-state index contributed by atoms with van der Waals surface area (Å²) in [5, 5.41) is 0. The molecular formula is C17H20N2O2. The normalized spacial score (nSPS) is 17.7. The third-order valence-electron chi connectivity index (χ3n) is 4.08. The molecule has 0 aromatic heterocycles. The number of hydrogen-bond donors (Lipinski definition) is 0. The van der Waals surface area contributed by atoms with Crippen molar-refractivity contribution in [1.82, 2.24) is 4.90 Å². The molecule has 0 bridgehead atoms. The Morgan fingerprint density at radius 1 is 1.33 bits per heavy atom. The topological polar surface area (TPSA) is 41.9 Å². The van der Waals surface area contributed by atoms with Gasteiger partial charge in [-0.3, -0.25) is 4.99 Å². The molecule has 1 aliphatic heterocycles. The fourth-order valence-electron chi connectivity index (χ4n) is 3.03. The van der Waals surface area contributed by atoms with E-state index in [1.54, 1.807) is 6.07 Å². The number of aliphatic imine (C=N–C) groups is 1. The third kappa shape index (κ3) is 2.99. The van der Waals surface area contributed by atoms with Crippen molar-refractivity contribution in [2.45, 2.75) is 32.2 Å². The van der Waals surface area contributed by atoms with Crippen molar-refractivity contribution in [2.24, 2.45) is 4.99 Å². The van der Waals surface area contributed by atoms with Crippen LogP contribution in [-0.4, -0.2) is 30.9 Å². The summed E-state index contributed by atoms with van der Waals surface area (Å²) in [4.78, 5) is 18.4. The summed E-state index contributed by atoms with van der Waals surface area (Å²) in [6.07, 6.45) is 6.83. The van der Waals surface area contributed by atoms with Gasteiger partial charge in [-0.15, -0.1) is 0 Å². The molecule has 1 heterocycles. The molecule has 1 aromatic rings. The van der Waals surface area contributed by atoms with Gasteiger partial charge in [0, 0.05) is 18.5 Å². The largest absolute Gasteiger partial charge is 0.465 e. The summed E-state index contributed by atoms with van der Waals surface area (Å²) >= 11 is 0. The zero-order valence-corrected chi connectivity index (χ0v) is 12.3. The zero-order valence-electron chi connectivity index (χ0n) is 12.3. The second kappa shape index (κ2) is 6.12. The van der Waals surface area contributed by atoms with E-state index in [4.69, 9.17) is 4.74 Å². The van der Waals surface area contributed by atoms with Crippen LogP contribution in [0, 0.1) is 0 Å². The number of carbonyl (C=O) groups excluding carboxylic acids is 1. The van der Waals surface area contributed by atoms with Crippen LogP contribution < -0.4 is 0 Å². The lowest BCUT2D eigenvalue weighted by molar-refractivity contribution is 0.0600. The van der Waals surface area contributed by atoms with Gasteiger partial charge in [-0.25, -0.2) is 4.79 Å². The van der Waals surface area contributed by atoms with Gasteiger partial charge in [-0.05, 0) is 49.0 Å². The van der Waals surface area contributed by atoms with Gasteiger partial charge in [0.2, 0.25) is 0 Å². The van der Waals surface area contributed by atoms with E-state index in [2.05, 4.69) is 9.89 Å². The van der Waals surface area contributed by atoms with E-state index >= 15 is 0 Å². The lowest BCUT2D eigenvalue weighted by Gasteiger charge is -2.33. The zero-order chi connectivity index (χ0) is 14.7. The number of hydrogen-bond acceptors (Lipinski definition) is 4. The number of ether oxygens (including phenoxy) is 1. The molecule has 0 saturated carbocycles. The van der Waals surface area contributed by atoms with E-state index in [0.29, 0.717) is 12.2 Å². The molecule has 0 radical (unpaired) electrons. The molecular weight excluding hydrogens is 264 g/mol. The first-order valence-electron chi connectivity index (χ1n) is 7.42. The number of benzene rings is 1. The van der Waals surface area contributed by atoms with Gasteiger partial charge < -0.3 is 9.64 Å². The first-order valence-corrected chi connectivity index (χ1v) is 7.42. The van der Waals surface area contributed by atoms with Crippen molar-refractivity contribution in [3.8, 4) is 0 Å². The number of carbonyl (C=O) groups is 1. The van der Waals surface area contributed by atoms with Crippen LogP contribution in [0.2, 0.25) is 0 Å². The van der Waals surface area contributed by atoms with Gasteiger partial charge in [0.25, 0.3) is 0 Å². The van der Waals surface area contributed by atoms with Gasteiger partial charge in [0.15, 0.2) is 0 Å². The Hall–Kier alpha value is -2.10. The smallest absolute Gasteiger partial charge is 0.337 e. The van der Waals surface area contributed by atoms with E-state index in [0.717, 1.165) is 24.9 Å². The summed E-state index contributed by atoms with van der Waals surface area (Å²) in [5.41, 5.74) is 4.54. The number of allylic oxidation sites excluding steroid dienone is 2. The highest BCUT2D eigenvalue weighted by molar-refractivity contribution is 5.89. The van der Waals surface area contributed by atoms with Crippen LogP contribution in [0.3, 0.4) is 0 Å². The summed E-state index contributed by atoms with van der Waals surface area (Å²) < 4.78 is 4.78. The number of methoxy groups -OCH3 is 1. The highest BCUT2D eigenvalue weighted by Crippen LogP contribution is 2.29. The van der Waals surface area contributed by atoms with Crippen molar-refractivity contribution >= 4 is 12.2 Å². The monoisotopic (exact) mass is 284 g/mol. The maximum atomic E-state index is 11.6. The fourth-order valence-corrected chi connectivity index (χ4v) is 3.03. The predicted octanol–water partition coefficient (Wildman–Crippen LogP) is 3.15. The number of nitrogens with zero attached hydrogens (tertiary/aromatic N) is 2. The van der Waals surface area contributed by atoms with Crippen LogP contribution in [0.5, 0.6) is 0 Å². The van der Waals surface area contributed by atoms with Crippen LogP contribution in [0.15, 0.2) is 40.5 Å². The standard InChI is InChI=1S/C17H20N2O2/c1-21-17(20)14-7-4-5-13(9-14)11-19-12-18-10-15-6-2-3-8-16(15)19/h4-5,7,9-10H,2-3,6,8,11-12H2,1H3. The van der Waals surface area contributed by atoms with Crippen molar-refractivity contribution in [1.29, 1.82) is 0 Å². The van der Waals surface area contributed by atoms with Crippen LogP contribution >= 0.6 is 0 Å². The molecule has 3 rings (SSSR count). The maximum absolute atomic E-state index is 11.6. The lowest BCUT2D eigenvalue weighted by atomic mass is 9.95. The molecule has 110 valence electrons. The number of esters is 1. The second-order valence-corrected chi connectivity index (χ2v) is 5.52. The van der Waals surface area contributed by atoms with Gasteiger partial charge in [0.05, 0.1) is 12.7 Å². The molecule has 2 aliphatic rings. The maximum Gasteiger partial charge on any atom is 0.337 e. The summed E-state index contributed by atoms with van der Waals surface area (Å²) in [7, 11) is 1.41. The molecule has 0 amide bonds. The molecule has 0 unspecified atom stereocenters. The fraction of sp³-hybridized carbons (Fsp3) is 0.412. The Morgan fingerprint density at radius 2 is 2.19 bits per heavy atom. The van der Waals surface area contributed by atoms with Crippen LogP contribution in [0.1, 0.15) is 41.6 Å². The summed E-state index contributed by atoms with van der Waals surface area (Å²) in [6.45, 7) is 1.50. The molecule has 0 N–H and O–H groups in total. The van der Waals surface area contributed by atoms with Gasteiger partial charge in [-0.2, -0.15) is 0 Å². The minimum atomic E-state index is -0.286. The molecule has 1 aromatic carbocycles. The summed E-state index contributed by atoms with van der Waals surface area (Å²) in [6, 6.07) is 7.65. The van der Waals surface area contributed by atoms with E-state index in [9.17, 15) is 4.79 Å². The molecule has 0 spiro atoms. The van der Waals surface area contributed by atoms with Gasteiger partial charge in [0.1, 0.15) is 6.67 Å². The van der Waals surface area contributed by atoms with Crippen LogP contribution in [0.4, 0.5) is 0 Å². The number of rotatable bonds is 3. The lowest BCUT2D eigenvalue weighted by Crippen LogP contribution is -2.29. The molecule has 0 saturated heterocycles. The Morgan fingerprint density at radius 3 is 3.05 bits per heavy atom. The SMILES string of the molecule is COC(=O)c1cccc(CN2CN=CC3=C2CCCC3)c1. The average molecular weight is 284 g/mol. The first-order chi connectivity index (χ1) is 10.3. The Bertz CT molecular complexity index is 605. The average Bonchev–Trinajstić information content (AvgIpc) is 2.55. The van der Waals surface area contributed by atoms with Crippen molar-refractivity contribution in [3.05, 3.63) is 46.7 Å². The molecule has 1 aliphatic carbocycles. The van der Waals surface area contributed by atoms with Crippen molar-refractivity contribution in [3.63, 3.8) is 0 Å². The molecule has 4 heteroatoms. The van der Waals surface area contributed by atoms with Crippen LogP contribution in [0.25, 0.3) is 0 Å². The van der Waals surface area contributed by atoms with Crippen molar-refractivity contribution in [2.75, 3.05) is 13.8 Å². The Kier molecular flexibility index (Phi) is 4.04. The van der Waals surface area contributed by atoms with Crippen LogP contribution in [-0.2, 0) is 11.3 Å². The first kappa shape index (κ1) is 13.9. The van der Waals surface area contributed by atoms with Gasteiger partial charge in [-0.1, -0.05) is 12.1 Å². The third-order valence-corrected chi connectivity index (χ3v) is 4.08. The van der Waals surface area contributed by atoms with E-state index in [1.807, 2.05) is 24.4 Å². The Labute approximate surface area is 125 Å². The van der Waals surface area contributed by atoms with E-state index in [-0.39, 0.29) is 5.97 Å². The second-order valence-electron chi connectivity index (χ2n) is 5.52.